The number of hydrogen-bond donors (Lipinski definition) is 2. The zero-order valence-corrected chi connectivity index (χ0v) is 30.8. The summed E-state index contributed by atoms with van der Waals surface area (Å²) in [5.74, 6) is -0.573. The lowest BCUT2D eigenvalue weighted by atomic mass is 9.98. The number of unbranched alkanes of at least 4 members (excludes halogenated alkanes) is 1. The molecule has 1 rings (SSSR count). The largest absolute Gasteiger partial charge is 0.491 e. The highest BCUT2D eigenvalue weighted by Gasteiger charge is 2.38. The molecule has 1 aromatic rings. The molecule has 0 aliphatic heterocycles. The molecule has 1 atom stereocenters. The van der Waals surface area contributed by atoms with E-state index in [4.69, 9.17) is 27.7 Å². The third-order valence-corrected chi connectivity index (χ3v) is 12.8. The van der Waals surface area contributed by atoms with Gasteiger partial charge in [-0.05, 0) is 66.1 Å². The van der Waals surface area contributed by atoms with Crippen LogP contribution in [0.2, 0.25) is 18.1 Å². The van der Waals surface area contributed by atoms with Gasteiger partial charge in [0.1, 0.15) is 0 Å². The standard InChI is InChI=1S/C29H55N4O9PSi/c1-14-15-16-21(18-42-44(12,13)29(8,9)10)31-23-22(37-11)17-30-26(32-23)33-43(36,40-19-38-24(34)27(2,3)4)41-20-39-25(35)28(5,6)7/h17,21H,14-16,18-20H2,1-13H3,(H2,30,31,32,33,36)/t21-/m1/s1. The third-order valence-electron chi connectivity index (χ3n) is 6.96. The molecule has 0 radical (unpaired) electrons. The molecule has 0 saturated carbocycles. The van der Waals surface area contributed by atoms with E-state index in [1.807, 2.05) is 0 Å². The van der Waals surface area contributed by atoms with E-state index < -0.39 is 52.4 Å². The Balaban J connectivity index is 3.24. The Labute approximate surface area is 264 Å². The number of nitrogens with zero attached hydrogens (tertiary/aromatic N) is 2. The second kappa shape index (κ2) is 16.3. The summed E-state index contributed by atoms with van der Waals surface area (Å²) in [5, 5.41) is 6.01. The normalized spacial score (nSPS) is 13.7. The Bertz CT molecular complexity index is 1100. The van der Waals surface area contributed by atoms with Crippen molar-refractivity contribution in [2.45, 2.75) is 113 Å². The highest BCUT2D eigenvalue weighted by molar-refractivity contribution is 7.55. The van der Waals surface area contributed by atoms with Gasteiger partial charge in [0.2, 0.25) is 19.5 Å². The Morgan fingerprint density at radius 3 is 1.91 bits per heavy atom. The predicted octanol–water partition coefficient (Wildman–Crippen LogP) is 7.12. The molecule has 2 N–H and O–H groups in total. The first-order chi connectivity index (χ1) is 20.0. The molecule has 0 spiro atoms. The number of nitrogens with one attached hydrogen (secondary N) is 2. The summed E-state index contributed by atoms with van der Waals surface area (Å²) in [4.78, 5) is 33.1. The Kier molecular flexibility index (Phi) is 14.8. The molecule has 0 fully saturated rings. The quantitative estimate of drug-likeness (QED) is 0.0752. The molecule has 0 aliphatic rings. The van der Waals surface area contributed by atoms with E-state index in [1.165, 1.54) is 13.3 Å². The highest BCUT2D eigenvalue weighted by Crippen LogP contribution is 2.48. The van der Waals surface area contributed by atoms with Crippen LogP contribution in [0.3, 0.4) is 0 Å². The average molecular weight is 663 g/mol. The van der Waals surface area contributed by atoms with E-state index in [-0.39, 0.29) is 17.0 Å². The van der Waals surface area contributed by atoms with Gasteiger partial charge in [-0.3, -0.25) is 23.7 Å². The van der Waals surface area contributed by atoms with Crippen LogP contribution in [0.15, 0.2) is 6.20 Å². The number of carbonyl (C=O) groups is 2. The minimum Gasteiger partial charge on any atom is -0.491 e. The number of methoxy groups -OCH3 is 1. The van der Waals surface area contributed by atoms with Crippen LogP contribution in [0.1, 0.15) is 88.5 Å². The van der Waals surface area contributed by atoms with E-state index in [0.29, 0.717) is 18.2 Å². The first-order valence-electron chi connectivity index (χ1n) is 14.9. The Hall–Kier alpha value is -2.25. The fraction of sp³-hybridized carbons (Fsp3) is 0.793. The van der Waals surface area contributed by atoms with Crippen LogP contribution in [0.4, 0.5) is 11.8 Å². The maximum Gasteiger partial charge on any atom is 0.440 e. The van der Waals surface area contributed by atoms with Crippen LogP contribution in [0.25, 0.3) is 0 Å². The summed E-state index contributed by atoms with van der Waals surface area (Å²) in [6, 6.07) is -0.0892. The second-order valence-corrected chi connectivity index (χ2v) is 20.7. The first kappa shape index (κ1) is 39.8. The fourth-order valence-corrected chi connectivity index (χ4v) is 4.99. The number of hydrogen-bond acceptors (Lipinski definition) is 12. The average Bonchev–Trinajstić information content (AvgIpc) is 2.88. The van der Waals surface area contributed by atoms with Gasteiger partial charge in [0.05, 0.1) is 30.7 Å². The maximum atomic E-state index is 13.7. The summed E-state index contributed by atoms with van der Waals surface area (Å²) in [6.07, 6.45) is 4.20. The predicted molar refractivity (Wildman–Crippen MR) is 173 cm³/mol. The van der Waals surface area contributed by atoms with Crippen LogP contribution in [0, 0.1) is 10.8 Å². The second-order valence-electron chi connectivity index (χ2n) is 14.1. The minimum absolute atomic E-state index is 0.0512. The Morgan fingerprint density at radius 1 is 0.955 bits per heavy atom. The van der Waals surface area contributed by atoms with Gasteiger partial charge < -0.3 is 24.0 Å². The lowest BCUT2D eigenvalue weighted by Gasteiger charge is -2.37. The van der Waals surface area contributed by atoms with Crippen molar-refractivity contribution in [3.63, 3.8) is 0 Å². The monoisotopic (exact) mass is 662 g/mol. The van der Waals surface area contributed by atoms with Crippen molar-refractivity contribution >= 4 is 39.8 Å². The molecule has 1 aromatic heterocycles. The van der Waals surface area contributed by atoms with Gasteiger partial charge in [-0.15, -0.1) is 0 Å². The summed E-state index contributed by atoms with van der Waals surface area (Å²) < 4.78 is 46.6. The topological polar surface area (TPSA) is 156 Å². The van der Waals surface area contributed by atoms with Crippen molar-refractivity contribution in [2.24, 2.45) is 10.8 Å². The SMILES string of the molecule is CCCC[C@H](CO[Si](C)(C)C(C)(C)C)Nc1nc(NP(=O)(OCOC(=O)C(C)(C)C)OCOC(=O)C(C)(C)C)ncc1OC. The molecule has 0 saturated heterocycles. The van der Waals surface area contributed by atoms with Crippen LogP contribution >= 0.6 is 7.75 Å². The third kappa shape index (κ3) is 13.4. The molecular weight excluding hydrogens is 607 g/mol. The summed E-state index contributed by atoms with van der Waals surface area (Å²) >= 11 is 0. The van der Waals surface area contributed by atoms with Gasteiger partial charge in [-0.2, -0.15) is 4.98 Å². The Morgan fingerprint density at radius 2 is 1.48 bits per heavy atom. The molecule has 0 aliphatic carbocycles. The van der Waals surface area contributed by atoms with Crippen LogP contribution in [0.5, 0.6) is 5.75 Å². The molecular formula is C29H55N4O9PSi. The molecule has 0 amide bonds. The van der Waals surface area contributed by atoms with E-state index in [1.54, 1.807) is 41.5 Å². The number of ether oxygens (including phenoxy) is 3. The van der Waals surface area contributed by atoms with E-state index >= 15 is 0 Å². The lowest BCUT2D eigenvalue weighted by molar-refractivity contribution is -0.161. The number of esters is 2. The van der Waals surface area contributed by atoms with Crippen molar-refractivity contribution in [3.8, 4) is 5.75 Å². The number of carbonyl (C=O) groups excluding carboxylic acids is 2. The van der Waals surface area contributed by atoms with E-state index in [9.17, 15) is 14.2 Å². The molecule has 0 unspecified atom stereocenters. The summed E-state index contributed by atoms with van der Waals surface area (Å²) in [6.45, 7) is 22.2. The first-order valence-corrected chi connectivity index (χ1v) is 19.3. The van der Waals surface area contributed by atoms with Crippen LogP contribution in [-0.2, 0) is 37.1 Å². The molecule has 254 valence electrons. The molecule has 44 heavy (non-hydrogen) atoms. The number of aromatic nitrogens is 2. The van der Waals surface area contributed by atoms with Gasteiger partial charge in [0.25, 0.3) is 0 Å². The lowest BCUT2D eigenvalue weighted by Crippen LogP contribution is -2.43. The zero-order chi connectivity index (χ0) is 34.0. The fourth-order valence-electron chi connectivity index (χ4n) is 3.00. The van der Waals surface area contributed by atoms with Crippen molar-refractivity contribution in [3.05, 3.63) is 6.20 Å². The number of anilines is 2. The number of rotatable bonds is 17. The van der Waals surface area contributed by atoms with Gasteiger partial charge in [-0.1, -0.05) is 40.5 Å². The molecule has 0 aromatic carbocycles. The van der Waals surface area contributed by atoms with Crippen LogP contribution in [-0.4, -0.2) is 63.6 Å². The van der Waals surface area contributed by atoms with E-state index in [2.05, 4.69) is 61.2 Å². The highest BCUT2D eigenvalue weighted by atomic mass is 31.2. The van der Waals surface area contributed by atoms with Crippen molar-refractivity contribution in [1.29, 1.82) is 0 Å². The molecule has 13 nitrogen and oxygen atoms in total. The maximum absolute atomic E-state index is 13.7. The zero-order valence-electron chi connectivity index (χ0n) is 28.9. The van der Waals surface area contributed by atoms with Crippen molar-refractivity contribution in [2.75, 3.05) is 37.7 Å². The minimum atomic E-state index is -4.32. The van der Waals surface area contributed by atoms with Gasteiger partial charge in [0.15, 0.2) is 19.9 Å². The summed E-state index contributed by atoms with van der Waals surface area (Å²) in [7, 11) is -4.84. The summed E-state index contributed by atoms with van der Waals surface area (Å²) in [5.41, 5.74) is -1.63. The van der Waals surface area contributed by atoms with Crippen molar-refractivity contribution in [1.82, 2.24) is 9.97 Å². The van der Waals surface area contributed by atoms with Gasteiger partial charge >= 0.3 is 19.7 Å². The van der Waals surface area contributed by atoms with Crippen LogP contribution < -0.4 is 15.1 Å². The van der Waals surface area contributed by atoms with Gasteiger partial charge in [-0.25, -0.2) is 9.55 Å². The van der Waals surface area contributed by atoms with Crippen molar-refractivity contribution < 1.29 is 41.8 Å². The molecule has 15 heteroatoms. The smallest absolute Gasteiger partial charge is 0.440 e. The van der Waals surface area contributed by atoms with Gasteiger partial charge in [0, 0.05) is 6.04 Å². The molecule has 1 heterocycles. The van der Waals surface area contributed by atoms with E-state index in [0.717, 1.165) is 19.3 Å². The molecule has 0 bridgehead atoms.